The summed E-state index contributed by atoms with van der Waals surface area (Å²) < 4.78 is 10.5. The third-order valence-electron chi connectivity index (χ3n) is 5.45. The summed E-state index contributed by atoms with van der Waals surface area (Å²) in [7, 11) is 0. The number of nitrogens with zero attached hydrogens (tertiary/aromatic N) is 3. The molecule has 1 fully saturated rings. The van der Waals surface area contributed by atoms with Gasteiger partial charge in [-0.2, -0.15) is 0 Å². The Labute approximate surface area is 176 Å². The van der Waals surface area contributed by atoms with E-state index in [-0.39, 0.29) is 31.1 Å². The largest absolute Gasteiger partial charge is 0.454 e. The van der Waals surface area contributed by atoms with Crippen LogP contribution in [-0.2, 0) is 9.59 Å². The van der Waals surface area contributed by atoms with E-state index in [4.69, 9.17) is 9.47 Å². The molecule has 9 nitrogen and oxygen atoms in total. The molecule has 0 atom stereocenters. The predicted octanol–water partition coefficient (Wildman–Crippen LogP) is 0.548. The van der Waals surface area contributed by atoms with Gasteiger partial charge in [0.05, 0.1) is 13.1 Å². The van der Waals surface area contributed by atoms with Crippen LogP contribution in [0.2, 0.25) is 0 Å². The highest BCUT2D eigenvalue weighted by Crippen LogP contribution is 2.32. The first-order valence-electron chi connectivity index (χ1n) is 10.5. The van der Waals surface area contributed by atoms with Crippen LogP contribution in [0.1, 0.15) is 30.6 Å². The molecule has 0 bridgehead atoms. The lowest BCUT2D eigenvalue weighted by Gasteiger charge is -2.25. The number of fused-ring (bicyclic) bond motifs is 1. The molecule has 2 heterocycles. The zero-order valence-electron chi connectivity index (χ0n) is 17.7. The Hall–Kier alpha value is -2.81. The molecular formula is C21H30N4O5. The van der Waals surface area contributed by atoms with E-state index >= 15 is 0 Å². The van der Waals surface area contributed by atoms with Gasteiger partial charge < -0.3 is 24.6 Å². The molecule has 3 amide bonds. The molecule has 9 heteroatoms. The standard InChI is InChI=1S/C21H30N4O5/c1-3-24(4-2)20(27)14-23-8-5-9-25(11-10-23)19(26)13-22-21(28)16-6-7-17-18(12-16)30-15-29-17/h6-7,12H,3-5,8-11,13-15H2,1-2H3,(H,22,28). The first-order valence-corrected chi connectivity index (χ1v) is 10.5. The number of rotatable bonds is 7. The molecule has 0 saturated carbocycles. The number of benzene rings is 1. The van der Waals surface area contributed by atoms with Gasteiger partial charge in [-0.05, 0) is 38.5 Å². The number of amides is 3. The normalized spacial score (nSPS) is 16.1. The van der Waals surface area contributed by atoms with Gasteiger partial charge in [0.2, 0.25) is 18.6 Å². The van der Waals surface area contributed by atoms with Gasteiger partial charge in [-0.3, -0.25) is 19.3 Å². The summed E-state index contributed by atoms with van der Waals surface area (Å²) in [4.78, 5) is 42.9. The average Bonchev–Trinajstić information content (AvgIpc) is 3.10. The van der Waals surface area contributed by atoms with Gasteiger partial charge in [0.25, 0.3) is 5.91 Å². The van der Waals surface area contributed by atoms with Crippen LogP contribution in [0.5, 0.6) is 11.5 Å². The molecule has 0 aliphatic carbocycles. The maximum Gasteiger partial charge on any atom is 0.251 e. The summed E-state index contributed by atoms with van der Waals surface area (Å²) in [5.74, 6) is 0.803. The smallest absolute Gasteiger partial charge is 0.251 e. The maximum absolute atomic E-state index is 12.6. The Kier molecular flexibility index (Phi) is 7.51. The van der Waals surface area contributed by atoms with Crippen molar-refractivity contribution in [1.29, 1.82) is 0 Å². The van der Waals surface area contributed by atoms with Crippen molar-refractivity contribution in [3.8, 4) is 11.5 Å². The molecule has 1 aromatic rings. The second-order valence-electron chi connectivity index (χ2n) is 7.33. The van der Waals surface area contributed by atoms with Crippen molar-refractivity contribution in [2.24, 2.45) is 0 Å². The van der Waals surface area contributed by atoms with E-state index in [1.807, 2.05) is 18.7 Å². The second-order valence-corrected chi connectivity index (χ2v) is 7.33. The lowest BCUT2D eigenvalue weighted by atomic mass is 10.2. The van der Waals surface area contributed by atoms with Crippen molar-refractivity contribution in [3.05, 3.63) is 23.8 Å². The van der Waals surface area contributed by atoms with Crippen molar-refractivity contribution in [2.75, 3.05) is 59.2 Å². The van der Waals surface area contributed by atoms with Crippen LogP contribution in [-0.4, -0.2) is 91.6 Å². The monoisotopic (exact) mass is 418 g/mol. The van der Waals surface area contributed by atoms with E-state index in [1.54, 1.807) is 23.1 Å². The van der Waals surface area contributed by atoms with Crippen molar-refractivity contribution in [1.82, 2.24) is 20.0 Å². The van der Waals surface area contributed by atoms with Gasteiger partial charge in [0, 0.05) is 44.8 Å². The summed E-state index contributed by atoms with van der Waals surface area (Å²) in [5.41, 5.74) is 0.420. The van der Waals surface area contributed by atoms with Crippen molar-refractivity contribution in [3.63, 3.8) is 0 Å². The topological polar surface area (TPSA) is 91.4 Å². The molecule has 3 rings (SSSR count). The maximum atomic E-state index is 12.6. The molecule has 1 aromatic carbocycles. The van der Waals surface area contributed by atoms with E-state index < -0.39 is 0 Å². The Balaban J connectivity index is 1.45. The highest BCUT2D eigenvalue weighted by atomic mass is 16.7. The number of hydrogen-bond donors (Lipinski definition) is 1. The highest BCUT2D eigenvalue weighted by Gasteiger charge is 2.22. The molecular weight excluding hydrogens is 388 g/mol. The molecule has 0 radical (unpaired) electrons. The Morgan fingerprint density at radius 1 is 1.03 bits per heavy atom. The third-order valence-corrected chi connectivity index (χ3v) is 5.45. The first kappa shape index (κ1) is 21.9. The average molecular weight is 418 g/mol. The minimum Gasteiger partial charge on any atom is -0.454 e. The minimum atomic E-state index is -0.331. The Bertz CT molecular complexity index is 781. The molecule has 0 spiro atoms. The minimum absolute atomic E-state index is 0.0638. The zero-order valence-corrected chi connectivity index (χ0v) is 17.7. The fourth-order valence-electron chi connectivity index (χ4n) is 3.65. The van der Waals surface area contributed by atoms with Gasteiger partial charge in [0.1, 0.15) is 0 Å². The SMILES string of the molecule is CCN(CC)C(=O)CN1CCCN(C(=O)CNC(=O)c2ccc3c(c2)OCO3)CC1. The van der Waals surface area contributed by atoms with Crippen LogP contribution in [0, 0.1) is 0 Å². The van der Waals surface area contributed by atoms with Crippen LogP contribution in [0.25, 0.3) is 0 Å². The molecule has 30 heavy (non-hydrogen) atoms. The predicted molar refractivity (Wildman–Crippen MR) is 110 cm³/mol. The summed E-state index contributed by atoms with van der Waals surface area (Å²) in [6.07, 6.45) is 0.799. The van der Waals surface area contributed by atoms with Crippen LogP contribution in [0.15, 0.2) is 18.2 Å². The number of carbonyl (C=O) groups excluding carboxylic acids is 3. The van der Waals surface area contributed by atoms with Crippen molar-refractivity contribution in [2.45, 2.75) is 20.3 Å². The zero-order chi connectivity index (χ0) is 21.5. The van der Waals surface area contributed by atoms with Gasteiger partial charge in [0.15, 0.2) is 11.5 Å². The highest BCUT2D eigenvalue weighted by molar-refractivity contribution is 5.97. The van der Waals surface area contributed by atoms with E-state index in [1.165, 1.54) is 0 Å². The Morgan fingerprint density at radius 3 is 2.57 bits per heavy atom. The third kappa shape index (κ3) is 5.41. The van der Waals surface area contributed by atoms with Gasteiger partial charge >= 0.3 is 0 Å². The molecule has 2 aliphatic rings. The van der Waals surface area contributed by atoms with Crippen molar-refractivity contribution < 1.29 is 23.9 Å². The molecule has 0 unspecified atom stereocenters. The molecule has 1 N–H and O–H groups in total. The lowest BCUT2D eigenvalue weighted by Crippen LogP contribution is -2.43. The van der Waals surface area contributed by atoms with E-state index in [9.17, 15) is 14.4 Å². The van der Waals surface area contributed by atoms with Crippen molar-refractivity contribution >= 4 is 17.7 Å². The Morgan fingerprint density at radius 2 is 1.80 bits per heavy atom. The quantitative estimate of drug-likeness (QED) is 0.695. The number of carbonyl (C=O) groups is 3. The van der Waals surface area contributed by atoms with E-state index in [0.29, 0.717) is 56.3 Å². The van der Waals surface area contributed by atoms with E-state index in [2.05, 4.69) is 10.2 Å². The van der Waals surface area contributed by atoms with Crippen LogP contribution >= 0.6 is 0 Å². The molecule has 164 valence electrons. The van der Waals surface area contributed by atoms with Gasteiger partial charge in [-0.25, -0.2) is 0 Å². The van der Waals surface area contributed by atoms with Gasteiger partial charge in [-0.15, -0.1) is 0 Å². The van der Waals surface area contributed by atoms with Crippen LogP contribution in [0.3, 0.4) is 0 Å². The van der Waals surface area contributed by atoms with Gasteiger partial charge in [-0.1, -0.05) is 0 Å². The molecule has 0 aromatic heterocycles. The number of hydrogen-bond acceptors (Lipinski definition) is 6. The summed E-state index contributed by atoms with van der Waals surface area (Å²) in [5, 5.41) is 2.68. The second kappa shape index (κ2) is 10.3. The van der Waals surface area contributed by atoms with E-state index in [0.717, 1.165) is 13.0 Å². The van der Waals surface area contributed by atoms with Crippen LogP contribution in [0.4, 0.5) is 0 Å². The fraction of sp³-hybridized carbons (Fsp3) is 0.571. The number of nitrogens with one attached hydrogen (secondary N) is 1. The number of likely N-dealkylation sites (N-methyl/N-ethyl adjacent to an activating group) is 1. The molecule has 2 aliphatic heterocycles. The summed E-state index contributed by atoms with van der Waals surface area (Å²) in [6, 6.07) is 4.94. The summed E-state index contributed by atoms with van der Waals surface area (Å²) >= 11 is 0. The number of ether oxygens (including phenoxy) is 2. The first-order chi connectivity index (χ1) is 14.5. The lowest BCUT2D eigenvalue weighted by molar-refractivity contribution is -0.132. The van der Waals surface area contributed by atoms with Crippen LogP contribution < -0.4 is 14.8 Å². The molecule has 1 saturated heterocycles. The summed E-state index contributed by atoms with van der Waals surface area (Å²) in [6.45, 7) is 8.41. The fourth-order valence-corrected chi connectivity index (χ4v) is 3.65.